The van der Waals surface area contributed by atoms with Crippen LogP contribution in [-0.2, 0) is 11.3 Å². The highest BCUT2D eigenvalue weighted by molar-refractivity contribution is 5.87. The average molecular weight is 372 g/mol. The minimum Gasteiger partial charge on any atom is -0.497 e. The Morgan fingerprint density at radius 2 is 1.81 bits per heavy atom. The van der Waals surface area contributed by atoms with Crippen molar-refractivity contribution in [1.82, 2.24) is 19.6 Å². The van der Waals surface area contributed by atoms with Crippen molar-refractivity contribution in [1.29, 1.82) is 0 Å². The number of rotatable bonds is 6. The second-order valence-electron chi connectivity index (χ2n) is 6.59. The van der Waals surface area contributed by atoms with Crippen LogP contribution in [0.3, 0.4) is 0 Å². The summed E-state index contributed by atoms with van der Waals surface area (Å²) in [6.45, 7) is 5.28. The van der Waals surface area contributed by atoms with Gasteiger partial charge in [-0.25, -0.2) is 9.48 Å². The molecule has 1 saturated heterocycles. The SMILES string of the molecule is COc1ccc(CN2CCN(C(=O)C(C)n3nccc3C(=O)O)CC2)cc1. The largest absolute Gasteiger partial charge is 0.497 e. The smallest absolute Gasteiger partial charge is 0.354 e. The summed E-state index contributed by atoms with van der Waals surface area (Å²) in [4.78, 5) is 28.1. The van der Waals surface area contributed by atoms with Crippen molar-refractivity contribution in [3.05, 3.63) is 47.8 Å². The molecule has 8 nitrogen and oxygen atoms in total. The van der Waals surface area contributed by atoms with Crippen molar-refractivity contribution in [2.75, 3.05) is 33.3 Å². The van der Waals surface area contributed by atoms with Crippen LogP contribution in [0.4, 0.5) is 0 Å². The van der Waals surface area contributed by atoms with Gasteiger partial charge >= 0.3 is 5.97 Å². The van der Waals surface area contributed by atoms with Gasteiger partial charge < -0.3 is 14.7 Å². The number of benzene rings is 1. The zero-order valence-corrected chi connectivity index (χ0v) is 15.5. The third-order valence-corrected chi connectivity index (χ3v) is 4.86. The van der Waals surface area contributed by atoms with Crippen LogP contribution >= 0.6 is 0 Å². The van der Waals surface area contributed by atoms with E-state index < -0.39 is 12.0 Å². The first-order valence-corrected chi connectivity index (χ1v) is 8.90. The van der Waals surface area contributed by atoms with E-state index in [0.29, 0.717) is 13.1 Å². The summed E-state index contributed by atoms with van der Waals surface area (Å²) in [6.07, 6.45) is 1.40. The van der Waals surface area contributed by atoms with Gasteiger partial charge in [0, 0.05) is 38.9 Å². The standard InChI is InChI=1S/C19H24N4O4/c1-14(23-17(19(25)26)7-8-20-23)18(24)22-11-9-21(10-12-22)13-15-3-5-16(27-2)6-4-15/h3-8,14H,9-13H2,1-2H3,(H,25,26). The molecule has 1 aromatic carbocycles. The lowest BCUT2D eigenvalue weighted by molar-refractivity contribution is -0.136. The van der Waals surface area contributed by atoms with E-state index in [-0.39, 0.29) is 11.6 Å². The highest BCUT2D eigenvalue weighted by Crippen LogP contribution is 2.17. The fourth-order valence-corrected chi connectivity index (χ4v) is 3.28. The fourth-order valence-electron chi connectivity index (χ4n) is 3.28. The lowest BCUT2D eigenvalue weighted by Crippen LogP contribution is -2.50. The number of amides is 1. The number of nitrogens with zero attached hydrogens (tertiary/aromatic N) is 4. The van der Waals surface area contributed by atoms with Gasteiger partial charge in [-0.1, -0.05) is 12.1 Å². The highest BCUT2D eigenvalue weighted by Gasteiger charge is 2.28. The number of aromatic carboxylic acids is 1. The van der Waals surface area contributed by atoms with Gasteiger partial charge in [-0.3, -0.25) is 9.69 Å². The van der Waals surface area contributed by atoms with Crippen LogP contribution in [0.5, 0.6) is 5.75 Å². The van der Waals surface area contributed by atoms with Crippen molar-refractivity contribution >= 4 is 11.9 Å². The van der Waals surface area contributed by atoms with Crippen molar-refractivity contribution < 1.29 is 19.4 Å². The zero-order chi connectivity index (χ0) is 19.4. The first-order valence-electron chi connectivity index (χ1n) is 8.90. The normalized spacial score (nSPS) is 16.1. The molecule has 1 fully saturated rings. The van der Waals surface area contributed by atoms with Crippen LogP contribution in [0, 0.1) is 0 Å². The third kappa shape index (κ3) is 4.28. The van der Waals surface area contributed by atoms with Crippen LogP contribution in [-0.4, -0.2) is 69.9 Å². The monoisotopic (exact) mass is 372 g/mol. The van der Waals surface area contributed by atoms with E-state index in [1.807, 2.05) is 24.3 Å². The molecular weight excluding hydrogens is 348 g/mol. The Balaban J connectivity index is 1.55. The second-order valence-corrected chi connectivity index (χ2v) is 6.59. The molecule has 0 bridgehead atoms. The van der Waals surface area contributed by atoms with E-state index in [0.717, 1.165) is 25.4 Å². The molecule has 1 atom stereocenters. The van der Waals surface area contributed by atoms with E-state index in [9.17, 15) is 14.7 Å². The molecule has 0 aliphatic carbocycles. The molecule has 2 aromatic rings. The lowest BCUT2D eigenvalue weighted by atomic mass is 10.2. The molecule has 3 rings (SSSR count). The number of carboxylic acid groups (broad SMARTS) is 1. The molecule has 1 aliphatic rings. The molecule has 1 N–H and O–H groups in total. The van der Waals surface area contributed by atoms with Gasteiger partial charge in [-0.05, 0) is 30.7 Å². The minimum absolute atomic E-state index is 0.0222. The predicted molar refractivity (Wildman–Crippen MR) is 98.7 cm³/mol. The van der Waals surface area contributed by atoms with E-state index in [1.54, 1.807) is 18.9 Å². The van der Waals surface area contributed by atoms with Gasteiger partial charge in [-0.15, -0.1) is 0 Å². The summed E-state index contributed by atoms with van der Waals surface area (Å²) < 4.78 is 6.45. The Kier molecular flexibility index (Phi) is 5.75. The van der Waals surface area contributed by atoms with E-state index in [4.69, 9.17) is 4.74 Å². The molecule has 27 heavy (non-hydrogen) atoms. The maximum absolute atomic E-state index is 12.7. The number of hydrogen-bond donors (Lipinski definition) is 1. The molecule has 0 radical (unpaired) electrons. The zero-order valence-electron chi connectivity index (χ0n) is 15.5. The molecule has 1 amide bonds. The Morgan fingerprint density at radius 3 is 2.41 bits per heavy atom. The van der Waals surface area contributed by atoms with Gasteiger partial charge in [0.1, 0.15) is 17.5 Å². The number of methoxy groups -OCH3 is 1. The van der Waals surface area contributed by atoms with E-state index in [1.165, 1.54) is 22.5 Å². The third-order valence-electron chi connectivity index (χ3n) is 4.86. The molecule has 2 heterocycles. The Bertz CT molecular complexity index is 794. The topological polar surface area (TPSA) is 87.9 Å². The molecular formula is C19H24N4O4. The maximum atomic E-state index is 12.7. The number of carboxylic acids is 1. The molecule has 8 heteroatoms. The predicted octanol–water partition coefficient (Wildman–Crippen LogP) is 1.50. The maximum Gasteiger partial charge on any atom is 0.354 e. The summed E-state index contributed by atoms with van der Waals surface area (Å²) in [5.41, 5.74) is 1.22. The van der Waals surface area contributed by atoms with Crippen LogP contribution in [0.15, 0.2) is 36.5 Å². The van der Waals surface area contributed by atoms with Crippen LogP contribution in [0.2, 0.25) is 0 Å². The Morgan fingerprint density at radius 1 is 1.15 bits per heavy atom. The first-order chi connectivity index (χ1) is 13.0. The average Bonchev–Trinajstić information content (AvgIpc) is 3.18. The van der Waals surface area contributed by atoms with Crippen LogP contribution < -0.4 is 4.74 Å². The number of carbonyl (C=O) groups is 2. The lowest BCUT2D eigenvalue weighted by Gasteiger charge is -2.36. The fraction of sp³-hybridized carbons (Fsp3) is 0.421. The number of ether oxygens (including phenoxy) is 1. The van der Waals surface area contributed by atoms with Crippen LogP contribution in [0.25, 0.3) is 0 Å². The summed E-state index contributed by atoms with van der Waals surface area (Å²) in [5.74, 6) is -0.357. The van der Waals surface area contributed by atoms with Gasteiger partial charge in [0.05, 0.1) is 7.11 Å². The van der Waals surface area contributed by atoms with Gasteiger partial charge in [-0.2, -0.15) is 5.10 Å². The van der Waals surface area contributed by atoms with Gasteiger partial charge in [0.15, 0.2) is 0 Å². The first kappa shape index (κ1) is 18.9. The number of piperazine rings is 1. The molecule has 0 spiro atoms. The number of hydrogen-bond acceptors (Lipinski definition) is 5. The summed E-state index contributed by atoms with van der Waals surface area (Å²) in [6, 6.07) is 8.74. The summed E-state index contributed by atoms with van der Waals surface area (Å²) >= 11 is 0. The number of aromatic nitrogens is 2. The van der Waals surface area contributed by atoms with Crippen molar-refractivity contribution in [2.45, 2.75) is 19.5 Å². The summed E-state index contributed by atoms with van der Waals surface area (Å²) in [5, 5.41) is 13.2. The van der Waals surface area contributed by atoms with Crippen molar-refractivity contribution in [3.8, 4) is 5.75 Å². The van der Waals surface area contributed by atoms with Gasteiger partial charge in [0.25, 0.3) is 0 Å². The van der Waals surface area contributed by atoms with Crippen molar-refractivity contribution in [3.63, 3.8) is 0 Å². The molecule has 1 unspecified atom stereocenters. The highest BCUT2D eigenvalue weighted by atomic mass is 16.5. The molecule has 0 saturated carbocycles. The number of carbonyl (C=O) groups excluding carboxylic acids is 1. The van der Waals surface area contributed by atoms with E-state index in [2.05, 4.69) is 10.00 Å². The minimum atomic E-state index is -1.09. The van der Waals surface area contributed by atoms with Crippen LogP contribution in [0.1, 0.15) is 29.0 Å². The van der Waals surface area contributed by atoms with E-state index >= 15 is 0 Å². The van der Waals surface area contributed by atoms with Crippen molar-refractivity contribution in [2.24, 2.45) is 0 Å². The molecule has 1 aromatic heterocycles. The molecule has 144 valence electrons. The quantitative estimate of drug-likeness (QED) is 0.827. The summed E-state index contributed by atoms with van der Waals surface area (Å²) in [7, 11) is 1.65. The Hall–Kier alpha value is -2.87. The Labute approximate surface area is 157 Å². The molecule has 1 aliphatic heterocycles. The second kappa shape index (κ2) is 8.22. The van der Waals surface area contributed by atoms with Gasteiger partial charge in [0.2, 0.25) is 5.91 Å².